The van der Waals surface area contributed by atoms with E-state index >= 15 is 0 Å². The number of aromatic nitrogens is 2. The Morgan fingerprint density at radius 3 is 2.93 bits per heavy atom. The van der Waals surface area contributed by atoms with Gasteiger partial charge in [-0.2, -0.15) is 0 Å². The second kappa shape index (κ2) is 3.09. The summed E-state index contributed by atoms with van der Waals surface area (Å²) in [6.07, 6.45) is 1.44. The molecule has 0 aliphatic carbocycles. The highest BCUT2D eigenvalue weighted by Gasteiger charge is 2.16. The van der Waals surface area contributed by atoms with Crippen LogP contribution in [0.25, 0.3) is 11.0 Å². The summed E-state index contributed by atoms with van der Waals surface area (Å²) in [4.78, 5) is 28.5. The number of fused-ring (bicyclic) bond motifs is 1. The van der Waals surface area contributed by atoms with E-state index in [1.54, 1.807) is 12.1 Å². The molecule has 0 atom stereocenters. The van der Waals surface area contributed by atoms with E-state index in [9.17, 15) is 14.7 Å². The van der Waals surface area contributed by atoms with Crippen LogP contribution in [0.1, 0.15) is 10.4 Å². The fourth-order valence-electron chi connectivity index (χ4n) is 1.35. The molecule has 0 unspecified atom stereocenters. The van der Waals surface area contributed by atoms with E-state index in [2.05, 4.69) is 9.97 Å². The molecule has 0 aromatic carbocycles. The Labute approximate surface area is 83.4 Å². The number of H-pyrrole nitrogens is 1. The Morgan fingerprint density at radius 2 is 2.27 bits per heavy atom. The smallest absolute Gasteiger partial charge is 0.291 e. The topological polar surface area (TPSA) is 109 Å². The monoisotopic (exact) mass is 205 g/mol. The zero-order valence-corrected chi connectivity index (χ0v) is 7.52. The van der Waals surface area contributed by atoms with Gasteiger partial charge in [-0.25, -0.2) is 0 Å². The van der Waals surface area contributed by atoms with Gasteiger partial charge in [0.05, 0.1) is 5.52 Å². The van der Waals surface area contributed by atoms with Crippen LogP contribution in [0.3, 0.4) is 0 Å². The van der Waals surface area contributed by atoms with Gasteiger partial charge in [0.25, 0.3) is 11.5 Å². The lowest BCUT2D eigenvalue weighted by Crippen LogP contribution is -2.18. The summed E-state index contributed by atoms with van der Waals surface area (Å²) in [5.41, 5.74) is 4.58. The van der Waals surface area contributed by atoms with Crippen molar-refractivity contribution in [3.8, 4) is 5.75 Å². The summed E-state index contributed by atoms with van der Waals surface area (Å²) in [7, 11) is 0. The van der Waals surface area contributed by atoms with Crippen LogP contribution < -0.4 is 11.3 Å². The number of pyridine rings is 2. The second-order valence-corrected chi connectivity index (χ2v) is 2.94. The lowest BCUT2D eigenvalue weighted by Gasteiger charge is -2.03. The van der Waals surface area contributed by atoms with E-state index in [-0.39, 0.29) is 11.1 Å². The number of nitrogens with one attached hydrogen (secondary N) is 1. The number of carbonyl (C=O) groups excluding carboxylic acids is 1. The summed E-state index contributed by atoms with van der Waals surface area (Å²) in [6, 6.07) is 3.16. The first-order valence-corrected chi connectivity index (χ1v) is 4.11. The average molecular weight is 205 g/mol. The highest BCUT2D eigenvalue weighted by molar-refractivity contribution is 6.05. The number of aromatic amines is 1. The van der Waals surface area contributed by atoms with Gasteiger partial charge in [0.15, 0.2) is 5.75 Å². The van der Waals surface area contributed by atoms with Gasteiger partial charge in [0, 0.05) is 6.20 Å². The van der Waals surface area contributed by atoms with Crippen molar-refractivity contribution in [2.75, 3.05) is 0 Å². The third-order valence-electron chi connectivity index (χ3n) is 1.99. The van der Waals surface area contributed by atoms with Crippen LogP contribution in [-0.4, -0.2) is 21.0 Å². The van der Waals surface area contributed by atoms with E-state index in [4.69, 9.17) is 5.73 Å². The third-order valence-corrected chi connectivity index (χ3v) is 1.99. The van der Waals surface area contributed by atoms with Gasteiger partial charge in [0.2, 0.25) is 0 Å². The molecule has 0 aliphatic heterocycles. The Hall–Kier alpha value is -2.37. The summed E-state index contributed by atoms with van der Waals surface area (Å²) in [6.45, 7) is 0. The van der Waals surface area contributed by atoms with Gasteiger partial charge in [-0.1, -0.05) is 0 Å². The molecule has 15 heavy (non-hydrogen) atoms. The number of hydrogen-bond acceptors (Lipinski definition) is 4. The number of rotatable bonds is 1. The summed E-state index contributed by atoms with van der Waals surface area (Å²) in [5, 5.41) is 9.38. The number of nitrogens with zero attached hydrogens (tertiary/aromatic N) is 1. The van der Waals surface area contributed by atoms with Crippen LogP contribution in [0.15, 0.2) is 23.1 Å². The molecule has 0 fully saturated rings. The third kappa shape index (κ3) is 1.32. The molecule has 2 heterocycles. The number of primary amides is 1. The fraction of sp³-hybridized carbons (Fsp3) is 0. The molecule has 2 aromatic rings. The summed E-state index contributed by atoms with van der Waals surface area (Å²) < 4.78 is 0. The SMILES string of the molecule is NC(=O)c1c(O)c(=O)[nH]c2cccnc12. The Bertz CT molecular complexity index is 603. The first-order chi connectivity index (χ1) is 7.11. The molecular formula is C9H7N3O3. The zero-order chi connectivity index (χ0) is 11.0. The first-order valence-electron chi connectivity index (χ1n) is 4.11. The molecule has 0 spiro atoms. The van der Waals surface area contributed by atoms with Crippen LogP contribution in [0.5, 0.6) is 5.75 Å². The van der Waals surface area contributed by atoms with E-state index in [0.717, 1.165) is 0 Å². The van der Waals surface area contributed by atoms with Crippen molar-refractivity contribution in [3.63, 3.8) is 0 Å². The quantitative estimate of drug-likeness (QED) is 0.595. The second-order valence-electron chi connectivity index (χ2n) is 2.94. The van der Waals surface area contributed by atoms with Gasteiger partial charge in [-0.15, -0.1) is 0 Å². The van der Waals surface area contributed by atoms with Crippen LogP contribution in [-0.2, 0) is 0 Å². The minimum Gasteiger partial charge on any atom is -0.502 e. The molecule has 2 aromatic heterocycles. The maximum atomic E-state index is 11.2. The molecule has 0 saturated carbocycles. The molecule has 76 valence electrons. The van der Waals surface area contributed by atoms with Crippen molar-refractivity contribution in [1.82, 2.24) is 9.97 Å². The van der Waals surface area contributed by atoms with Gasteiger partial charge in [-0.3, -0.25) is 14.6 Å². The largest absolute Gasteiger partial charge is 0.502 e. The molecule has 4 N–H and O–H groups in total. The van der Waals surface area contributed by atoms with Crippen molar-refractivity contribution in [1.29, 1.82) is 0 Å². The number of carbonyl (C=O) groups is 1. The Kier molecular flexibility index (Phi) is 1.89. The molecular weight excluding hydrogens is 198 g/mol. The Balaban J connectivity index is 3.02. The van der Waals surface area contributed by atoms with Crippen LogP contribution in [0.4, 0.5) is 0 Å². The standard InChI is InChI=1S/C9H7N3O3/c10-8(14)5-6-4(2-1-3-11-6)12-9(15)7(5)13/h1-3,13H,(H2,10,14)(H,12,15). The minimum atomic E-state index is -0.887. The molecule has 1 amide bonds. The highest BCUT2D eigenvalue weighted by atomic mass is 16.3. The molecule has 6 nitrogen and oxygen atoms in total. The van der Waals surface area contributed by atoms with Crippen molar-refractivity contribution < 1.29 is 9.90 Å². The first kappa shape index (κ1) is 9.20. The van der Waals surface area contributed by atoms with Crippen LogP contribution >= 0.6 is 0 Å². The van der Waals surface area contributed by atoms with Gasteiger partial charge in [-0.05, 0) is 12.1 Å². The predicted octanol–water partition coefficient (Wildman–Crippen LogP) is -0.272. The number of nitrogens with two attached hydrogens (primary N) is 1. The van der Waals surface area contributed by atoms with Gasteiger partial charge in [0.1, 0.15) is 11.1 Å². The van der Waals surface area contributed by atoms with E-state index in [0.29, 0.717) is 5.52 Å². The zero-order valence-electron chi connectivity index (χ0n) is 7.52. The van der Waals surface area contributed by atoms with Crippen LogP contribution in [0.2, 0.25) is 0 Å². The number of amides is 1. The summed E-state index contributed by atoms with van der Waals surface area (Å²) >= 11 is 0. The van der Waals surface area contributed by atoms with Crippen molar-refractivity contribution in [2.24, 2.45) is 5.73 Å². The molecule has 0 aliphatic rings. The van der Waals surface area contributed by atoms with E-state index < -0.39 is 17.2 Å². The molecule has 2 rings (SSSR count). The number of aromatic hydroxyl groups is 1. The van der Waals surface area contributed by atoms with Crippen molar-refractivity contribution in [2.45, 2.75) is 0 Å². The maximum Gasteiger partial charge on any atom is 0.291 e. The Morgan fingerprint density at radius 1 is 1.53 bits per heavy atom. The van der Waals surface area contributed by atoms with Gasteiger partial charge >= 0.3 is 0 Å². The van der Waals surface area contributed by atoms with Crippen molar-refractivity contribution >= 4 is 16.9 Å². The average Bonchev–Trinajstić information content (AvgIpc) is 2.19. The van der Waals surface area contributed by atoms with E-state index in [1.165, 1.54) is 6.20 Å². The maximum absolute atomic E-state index is 11.2. The summed E-state index contributed by atoms with van der Waals surface area (Å²) in [5.74, 6) is -1.59. The van der Waals surface area contributed by atoms with Gasteiger partial charge < -0.3 is 15.8 Å². The fourth-order valence-corrected chi connectivity index (χ4v) is 1.35. The lowest BCUT2D eigenvalue weighted by atomic mass is 10.1. The van der Waals surface area contributed by atoms with Crippen LogP contribution in [0, 0.1) is 0 Å². The normalized spacial score (nSPS) is 10.4. The minimum absolute atomic E-state index is 0.183. The van der Waals surface area contributed by atoms with Crippen molar-refractivity contribution in [3.05, 3.63) is 34.2 Å². The highest BCUT2D eigenvalue weighted by Crippen LogP contribution is 2.18. The number of hydrogen-bond donors (Lipinski definition) is 3. The van der Waals surface area contributed by atoms with E-state index in [1.807, 2.05) is 0 Å². The molecule has 6 heteroatoms. The molecule has 0 saturated heterocycles. The molecule has 0 bridgehead atoms. The lowest BCUT2D eigenvalue weighted by molar-refractivity contribution is 0.0999. The predicted molar refractivity (Wildman–Crippen MR) is 52.5 cm³/mol. The molecule has 0 radical (unpaired) electrons.